The maximum absolute atomic E-state index is 3.61. The molecule has 0 spiro atoms. The minimum absolute atomic E-state index is 1.09. The van der Waals surface area contributed by atoms with Crippen LogP contribution < -0.4 is 0 Å². The monoisotopic (exact) mass is 109 g/mol. The maximum atomic E-state index is 3.61. The average molecular weight is 109 g/mol. The maximum Gasteiger partial charge on any atom is -0.0202 e. The highest BCUT2D eigenvalue weighted by Gasteiger charge is 1.71. The lowest BCUT2D eigenvalue weighted by Gasteiger charge is -1.81. The average Bonchev–Trinajstić information content (AvgIpc) is 1.81. The van der Waals surface area contributed by atoms with E-state index < -0.39 is 0 Å². The normalized spacial score (nSPS) is 10.1. The fourth-order valence-electron chi connectivity index (χ4n) is 0.446. The molecule has 0 aromatic heterocycles. The number of allylic oxidation sites excluding steroid dienone is 3. The molecule has 45 valence electrons. The second-order valence-corrected chi connectivity index (χ2v) is 1.63. The second-order valence-electron chi connectivity index (χ2n) is 1.63. The molecule has 0 aromatic carbocycles. The molecule has 0 saturated carbocycles. The Balaban J connectivity index is 2.90. The van der Waals surface area contributed by atoms with Gasteiger partial charge in [-0.05, 0) is 19.3 Å². The van der Waals surface area contributed by atoms with Crippen LogP contribution in [0, 0.1) is 6.42 Å². The lowest BCUT2D eigenvalue weighted by atomic mass is 10.3. The largest absolute Gasteiger partial charge is 0.103 e. The summed E-state index contributed by atoms with van der Waals surface area (Å²) in [6.45, 7) is 5.63. The standard InChI is InChI=1S/C8H13/c1-3-5-7-8-6-4-2/h3-4,6,8H,1,5,7H2,2H3/b8-6+. The first kappa shape index (κ1) is 7.48. The molecule has 0 amide bonds. The van der Waals surface area contributed by atoms with Gasteiger partial charge >= 0.3 is 0 Å². The molecule has 0 unspecified atom stereocenters. The third-order valence-electron chi connectivity index (χ3n) is 0.866. The minimum atomic E-state index is 1.09. The van der Waals surface area contributed by atoms with Gasteiger partial charge in [0.05, 0.1) is 0 Å². The fraction of sp³-hybridized carbons (Fsp3) is 0.375. The molecule has 0 heterocycles. The summed E-state index contributed by atoms with van der Waals surface area (Å²) in [5.41, 5.74) is 0. The molecule has 0 aliphatic carbocycles. The summed E-state index contributed by atoms with van der Waals surface area (Å²) in [5, 5.41) is 0. The molecule has 1 radical (unpaired) electrons. The van der Waals surface area contributed by atoms with Gasteiger partial charge in [-0.15, -0.1) is 6.58 Å². The molecule has 0 aliphatic heterocycles. The lowest BCUT2D eigenvalue weighted by molar-refractivity contribution is 1.05. The van der Waals surface area contributed by atoms with Crippen LogP contribution in [0.15, 0.2) is 24.8 Å². The van der Waals surface area contributed by atoms with Crippen LogP contribution in [0.2, 0.25) is 0 Å². The van der Waals surface area contributed by atoms with Crippen molar-refractivity contribution in [3.63, 3.8) is 0 Å². The van der Waals surface area contributed by atoms with E-state index in [1.807, 2.05) is 19.4 Å². The SMILES string of the molecule is C=CCC/C=C/[CH]C. The van der Waals surface area contributed by atoms with Gasteiger partial charge < -0.3 is 0 Å². The Morgan fingerprint density at radius 3 is 2.62 bits per heavy atom. The van der Waals surface area contributed by atoms with Gasteiger partial charge in [-0.1, -0.05) is 25.2 Å². The van der Waals surface area contributed by atoms with Crippen LogP contribution in [-0.4, -0.2) is 0 Å². The first-order valence-electron chi connectivity index (χ1n) is 2.97. The first-order valence-corrected chi connectivity index (χ1v) is 2.97. The lowest BCUT2D eigenvalue weighted by Crippen LogP contribution is -1.61. The molecule has 0 rings (SSSR count). The number of unbranched alkanes of at least 4 members (excludes halogenated alkanes) is 1. The quantitative estimate of drug-likeness (QED) is 0.384. The van der Waals surface area contributed by atoms with E-state index in [0.29, 0.717) is 0 Å². The third kappa shape index (κ3) is 5.48. The molecule has 8 heavy (non-hydrogen) atoms. The molecule has 0 atom stereocenters. The molecule has 0 aromatic rings. The van der Waals surface area contributed by atoms with Crippen LogP contribution in [0.25, 0.3) is 0 Å². The van der Waals surface area contributed by atoms with Gasteiger partial charge in [0.2, 0.25) is 0 Å². The Morgan fingerprint density at radius 1 is 1.38 bits per heavy atom. The summed E-state index contributed by atoms with van der Waals surface area (Å²) in [6.07, 6.45) is 10.4. The summed E-state index contributed by atoms with van der Waals surface area (Å²) in [6, 6.07) is 0. The Labute approximate surface area is 51.9 Å². The van der Waals surface area contributed by atoms with Gasteiger partial charge in [0.15, 0.2) is 0 Å². The van der Waals surface area contributed by atoms with Gasteiger partial charge in [-0.25, -0.2) is 0 Å². The molecule has 0 fully saturated rings. The predicted octanol–water partition coefficient (Wildman–Crippen LogP) is 2.73. The highest BCUT2D eigenvalue weighted by atomic mass is 13.8. The smallest absolute Gasteiger partial charge is 0.0202 e. The molecule has 0 heteroatoms. The van der Waals surface area contributed by atoms with Gasteiger partial charge in [-0.2, -0.15) is 0 Å². The van der Waals surface area contributed by atoms with Crippen LogP contribution >= 0.6 is 0 Å². The minimum Gasteiger partial charge on any atom is -0.103 e. The van der Waals surface area contributed by atoms with E-state index in [1.165, 1.54) is 0 Å². The summed E-state index contributed by atoms with van der Waals surface area (Å²) >= 11 is 0. The molecule has 0 N–H and O–H groups in total. The summed E-state index contributed by atoms with van der Waals surface area (Å²) in [4.78, 5) is 0. The van der Waals surface area contributed by atoms with E-state index in [1.54, 1.807) is 0 Å². The van der Waals surface area contributed by atoms with Gasteiger partial charge in [0.1, 0.15) is 0 Å². The first-order chi connectivity index (χ1) is 3.91. The molecule has 0 aliphatic rings. The van der Waals surface area contributed by atoms with Gasteiger partial charge in [0, 0.05) is 0 Å². The zero-order valence-corrected chi connectivity index (χ0v) is 5.43. The van der Waals surface area contributed by atoms with E-state index in [2.05, 4.69) is 18.7 Å². The molecular formula is C8H13. The van der Waals surface area contributed by atoms with E-state index in [-0.39, 0.29) is 0 Å². The number of hydrogen-bond acceptors (Lipinski definition) is 0. The van der Waals surface area contributed by atoms with Crippen molar-refractivity contribution in [3.05, 3.63) is 31.2 Å². The van der Waals surface area contributed by atoms with Crippen LogP contribution in [0.5, 0.6) is 0 Å². The van der Waals surface area contributed by atoms with Crippen molar-refractivity contribution in [3.8, 4) is 0 Å². The molecule has 0 bridgehead atoms. The van der Waals surface area contributed by atoms with Crippen molar-refractivity contribution < 1.29 is 0 Å². The fourth-order valence-corrected chi connectivity index (χ4v) is 0.446. The summed E-state index contributed by atoms with van der Waals surface area (Å²) in [7, 11) is 0. The van der Waals surface area contributed by atoms with E-state index in [9.17, 15) is 0 Å². The molecule has 0 nitrogen and oxygen atoms in total. The Kier molecular flexibility index (Phi) is 6.06. The third-order valence-corrected chi connectivity index (χ3v) is 0.866. The van der Waals surface area contributed by atoms with E-state index in [4.69, 9.17) is 0 Å². The molecule has 0 saturated heterocycles. The Morgan fingerprint density at radius 2 is 2.12 bits per heavy atom. The predicted molar refractivity (Wildman–Crippen MR) is 38.5 cm³/mol. The van der Waals surface area contributed by atoms with Crippen LogP contribution in [0.1, 0.15) is 19.8 Å². The Hall–Kier alpha value is -0.520. The van der Waals surface area contributed by atoms with Gasteiger partial charge in [-0.3, -0.25) is 0 Å². The van der Waals surface area contributed by atoms with Crippen molar-refractivity contribution in [1.29, 1.82) is 0 Å². The highest BCUT2D eigenvalue weighted by molar-refractivity contribution is 4.92. The zero-order chi connectivity index (χ0) is 6.24. The highest BCUT2D eigenvalue weighted by Crippen LogP contribution is 1.90. The zero-order valence-electron chi connectivity index (χ0n) is 5.43. The van der Waals surface area contributed by atoms with Crippen molar-refractivity contribution in [2.24, 2.45) is 0 Å². The van der Waals surface area contributed by atoms with Gasteiger partial charge in [0.25, 0.3) is 0 Å². The van der Waals surface area contributed by atoms with Crippen LogP contribution in [-0.2, 0) is 0 Å². The van der Waals surface area contributed by atoms with E-state index in [0.717, 1.165) is 12.8 Å². The summed E-state index contributed by atoms with van der Waals surface area (Å²) in [5.74, 6) is 0. The second kappa shape index (κ2) is 6.48. The topological polar surface area (TPSA) is 0 Å². The van der Waals surface area contributed by atoms with Crippen LogP contribution in [0.3, 0.4) is 0 Å². The molecular weight excluding hydrogens is 96.1 g/mol. The summed E-state index contributed by atoms with van der Waals surface area (Å²) < 4.78 is 0. The van der Waals surface area contributed by atoms with Crippen molar-refractivity contribution >= 4 is 0 Å². The van der Waals surface area contributed by atoms with E-state index >= 15 is 0 Å². The number of hydrogen-bond donors (Lipinski definition) is 0. The van der Waals surface area contributed by atoms with Crippen molar-refractivity contribution in [2.75, 3.05) is 0 Å². The Bertz CT molecular complexity index is 70.1. The van der Waals surface area contributed by atoms with Crippen LogP contribution in [0.4, 0.5) is 0 Å². The van der Waals surface area contributed by atoms with Crippen molar-refractivity contribution in [2.45, 2.75) is 19.8 Å². The van der Waals surface area contributed by atoms with Crippen molar-refractivity contribution in [1.82, 2.24) is 0 Å². The number of rotatable bonds is 4.